The Morgan fingerprint density at radius 1 is 1.24 bits per heavy atom. The van der Waals surface area contributed by atoms with E-state index < -0.39 is 0 Å². The topological polar surface area (TPSA) is 26.0 Å². The predicted octanol–water partition coefficient (Wildman–Crippen LogP) is 3.77. The van der Waals surface area contributed by atoms with Crippen LogP contribution in [-0.2, 0) is 0 Å². The van der Waals surface area contributed by atoms with Crippen molar-refractivity contribution in [2.75, 3.05) is 11.5 Å². The van der Waals surface area contributed by atoms with E-state index in [0.29, 0.717) is 11.3 Å². The summed E-state index contributed by atoms with van der Waals surface area (Å²) in [7, 11) is 0. The van der Waals surface area contributed by atoms with Crippen LogP contribution in [0.15, 0.2) is 0 Å². The highest BCUT2D eigenvalue weighted by atomic mass is 32.2. The average Bonchev–Trinajstić information content (AvgIpc) is 2.38. The molecule has 1 aliphatic carbocycles. The third-order valence-electron chi connectivity index (χ3n) is 4.40. The minimum absolute atomic E-state index is 0.445. The molecule has 2 fully saturated rings. The normalized spacial score (nSPS) is 41.1. The molecule has 1 nitrogen and oxygen atoms in total. The van der Waals surface area contributed by atoms with E-state index in [1.165, 1.54) is 43.6 Å². The minimum atomic E-state index is 0.445. The molecule has 5 atom stereocenters. The Morgan fingerprint density at radius 2 is 2.00 bits per heavy atom. The molecule has 100 valence electrons. The van der Waals surface area contributed by atoms with Gasteiger partial charge in [-0.1, -0.05) is 26.7 Å². The second-order valence-electron chi connectivity index (χ2n) is 5.76. The lowest BCUT2D eigenvalue weighted by Crippen LogP contribution is -2.47. The molecule has 1 saturated carbocycles. The van der Waals surface area contributed by atoms with Gasteiger partial charge in [0.05, 0.1) is 0 Å². The van der Waals surface area contributed by atoms with Crippen LogP contribution in [0.3, 0.4) is 0 Å². The van der Waals surface area contributed by atoms with Crippen molar-refractivity contribution in [1.29, 1.82) is 0 Å². The Bertz CT molecular complexity index is 234. The molecule has 2 N–H and O–H groups in total. The number of hydrogen-bond donors (Lipinski definition) is 1. The molecule has 17 heavy (non-hydrogen) atoms. The maximum atomic E-state index is 6.62. The first-order valence-electron chi connectivity index (χ1n) is 7.21. The third-order valence-corrected chi connectivity index (χ3v) is 7.79. The zero-order valence-electron chi connectivity index (χ0n) is 11.2. The molecule has 1 heterocycles. The van der Waals surface area contributed by atoms with Gasteiger partial charge in [0.15, 0.2) is 0 Å². The van der Waals surface area contributed by atoms with Crippen LogP contribution in [0.5, 0.6) is 0 Å². The highest BCUT2D eigenvalue weighted by Crippen LogP contribution is 2.40. The molecule has 0 radical (unpaired) electrons. The summed E-state index contributed by atoms with van der Waals surface area (Å²) in [5.41, 5.74) is 6.62. The minimum Gasteiger partial charge on any atom is -0.326 e. The summed E-state index contributed by atoms with van der Waals surface area (Å²) in [6.07, 6.45) is 6.87. The molecule has 2 rings (SSSR count). The van der Waals surface area contributed by atoms with Gasteiger partial charge in [-0.15, -0.1) is 0 Å². The van der Waals surface area contributed by atoms with Crippen LogP contribution in [0, 0.1) is 11.8 Å². The fourth-order valence-corrected chi connectivity index (χ4v) is 6.67. The average molecular weight is 274 g/mol. The van der Waals surface area contributed by atoms with Crippen LogP contribution in [0.25, 0.3) is 0 Å². The Balaban J connectivity index is 1.94. The maximum absolute atomic E-state index is 6.62. The lowest BCUT2D eigenvalue weighted by atomic mass is 9.77. The monoisotopic (exact) mass is 273 g/mol. The first-order valence-corrected chi connectivity index (χ1v) is 9.31. The molecule has 0 aromatic heterocycles. The fourth-order valence-electron chi connectivity index (χ4n) is 3.39. The van der Waals surface area contributed by atoms with Gasteiger partial charge in [-0.2, -0.15) is 23.5 Å². The van der Waals surface area contributed by atoms with Crippen molar-refractivity contribution in [3.05, 3.63) is 0 Å². The summed E-state index contributed by atoms with van der Waals surface area (Å²) in [6, 6.07) is 0.445. The van der Waals surface area contributed by atoms with Gasteiger partial charge in [0.2, 0.25) is 0 Å². The van der Waals surface area contributed by atoms with Crippen molar-refractivity contribution in [2.45, 2.75) is 62.5 Å². The zero-order valence-corrected chi connectivity index (χ0v) is 12.9. The van der Waals surface area contributed by atoms with E-state index in [1.54, 1.807) is 0 Å². The molecule has 0 spiro atoms. The van der Waals surface area contributed by atoms with Crippen molar-refractivity contribution < 1.29 is 0 Å². The van der Waals surface area contributed by atoms with Crippen LogP contribution in [0.1, 0.15) is 46.0 Å². The van der Waals surface area contributed by atoms with Gasteiger partial charge >= 0.3 is 0 Å². The second kappa shape index (κ2) is 6.72. The summed E-state index contributed by atoms with van der Waals surface area (Å²) in [5.74, 6) is 4.33. The molecular formula is C14H27NS2. The van der Waals surface area contributed by atoms with E-state index >= 15 is 0 Å². The molecule has 2 aliphatic rings. The Hall–Kier alpha value is 0.660. The van der Waals surface area contributed by atoms with Crippen LogP contribution >= 0.6 is 23.5 Å². The van der Waals surface area contributed by atoms with Gasteiger partial charge in [0, 0.05) is 28.0 Å². The van der Waals surface area contributed by atoms with Gasteiger partial charge in [-0.3, -0.25) is 0 Å². The largest absolute Gasteiger partial charge is 0.326 e. The third kappa shape index (κ3) is 3.57. The maximum Gasteiger partial charge on any atom is 0.0320 e. The van der Waals surface area contributed by atoms with Crippen molar-refractivity contribution in [2.24, 2.45) is 17.6 Å². The summed E-state index contributed by atoms with van der Waals surface area (Å²) in [5, 5.41) is 1.52. The smallest absolute Gasteiger partial charge is 0.0320 e. The van der Waals surface area contributed by atoms with Crippen LogP contribution in [0.4, 0.5) is 0 Å². The Labute approximate surface area is 115 Å². The number of rotatable bonds is 3. The van der Waals surface area contributed by atoms with E-state index in [1.807, 2.05) is 0 Å². The van der Waals surface area contributed by atoms with Crippen LogP contribution < -0.4 is 5.73 Å². The molecule has 0 aromatic rings. The van der Waals surface area contributed by atoms with Gasteiger partial charge in [0.25, 0.3) is 0 Å². The molecule has 5 unspecified atom stereocenters. The standard InChI is InChI=1S/C14H27NS2/c1-3-12-14(17-8-7-16-12)13(15)11-6-4-5-10(2)9-11/h10-14H,3-9,15H2,1-2H3. The first kappa shape index (κ1) is 14.1. The van der Waals surface area contributed by atoms with Crippen molar-refractivity contribution in [1.82, 2.24) is 0 Å². The Kier molecular flexibility index (Phi) is 5.56. The zero-order chi connectivity index (χ0) is 12.3. The van der Waals surface area contributed by atoms with Gasteiger partial charge < -0.3 is 5.73 Å². The van der Waals surface area contributed by atoms with E-state index in [-0.39, 0.29) is 0 Å². The highest BCUT2D eigenvalue weighted by molar-refractivity contribution is 8.07. The van der Waals surface area contributed by atoms with Gasteiger partial charge in [0.1, 0.15) is 0 Å². The number of nitrogens with two attached hydrogens (primary N) is 1. The second-order valence-corrected chi connectivity index (χ2v) is 8.40. The molecule has 0 amide bonds. The molecule has 1 aliphatic heterocycles. The molecule has 0 aromatic carbocycles. The fraction of sp³-hybridized carbons (Fsp3) is 1.00. The lowest BCUT2D eigenvalue weighted by molar-refractivity contribution is 0.242. The SMILES string of the molecule is CCC1SCCSC1C(N)C1CCCC(C)C1. The van der Waals surface area contributed by atoms with E-state index in [4.69, 9.17) is 5.73 Å². The molecule has 1 saturated heterocycles. The molecule has 0 bridgehead atoms. The summed E-state index contributed by atoms with van der Waals surface area (Å²) in [6.45, 7) is 4.73. The van der Waals surface area contributed by atoms with Gasteiger partial charge in [-0.25, -0.2) is 0 Å². The van der Waals surface area contributed by atoms with E-state index in [0.717, 1.165) is 17.1 Å². The van der Waals surface area contributed by atoms with Crippen molar-refractivity contribution in [3.63, 3.8) is 0 Å². The Morgan fingerprint density at radius 3 is 2.71 bits per heavy atom. The van der Waals surface area contributed by atoms with Crippen molar-refractivity contribution >= 4 is 23.5 Å². The first-order chi connectivity index (χ1) is 8.22. The molecule has 3 heteroatoms. The lowest BCUT2D eigenvalue weighted by Gasteiger charge is -2.40. The van der Waals surface area contributed by atoms with Crippen LogP contribution in [-0.4, -0.2) is 28.0 Å². The summed E-state index contributed by atoms with van der Waals surface area (Å²) < 4.78 is 0. The summed E-state index contributed by atoms with van der Waals surface area (Å²) in [4.78, 5) is 0. The predicted molar refractivity (Wildman–Crippen MR) is 81.9 cm³/mol. The van der Waals surface area contributed by atoms with Crippen molar-refractivity contribution in [3.8, 4) is 0 Å². The quantitative estimate of drug-likeness (QED) is 0.848. The van der Waals surface area contributed by atoms with E-state index in [2.05, 4.69) is 37.4 Å². The van der Waals surface area contributed by atoms with E-state index in [9.17, 15) is 0 Å². The van der Waals surface area contributed by atoms with Crippen LogP contribution in [0.2, 0.25) is 0 Å². The molecular weight excluding hydrogens is 246 g/mol. The highest BCUT2D eigenvalue weighted by Gasteiger charge is 2.35. The van der Waals surface area contributed by atoms with Gasteiger partial charge in [-0.05, 0) is 31.1 Å². The number of thioether (sulfide) groups is 2. The summed E-state index contributed by atoms with van der Waals surface area (Å²) >= 11 is 4.32. The number of hydrogen-bond acceptors (Lipinski definition) is 3.